The zero-order valence-electron chi connectivity index (χ0n) is 12.9. The summed E-state index contributed by atoms with van der Waals surface area (Å²) >= 11 is 1.78. The fraction of sp³-hybridized carbons (Fsp3) is 0.211. The van der Waals surface area contributed by atoms with Crippen molar-refractivity contribution in [2.45, 2.75) is 26.4 Å². The van der Waals surface area contributed by atoms with Crippen molar-refractivity contribution in [2.75, 3.05) is 0 Å². The lowest BCUT2D eigenvalue weighted by Gasteiger charge is -2.04. The van der Waals surface area contributed by atoms with Crippen molar-refractivity contribution in [1.82, 2.24) is 10.3 Å². The van der Waals surface area contributed by atoms with Crippen molar-refractivity contribution >= 4 is 11.3 Å². The van der Waals surface area contributed by atoms with E-state index in [2.05, 4.69) is 67.7 Å². The summed E-state index contributed by atoms with van der Waals surface area (Å²) in [5, 5.41) is 4.58. The van der Waals surface area contributed by atoms with Crippen molar-refractivity contribution < 1.29 is 0 Å². The Labute approximate surface area is 135 Å². The normalized spacial score (nSPS) is 11.0. The number of thiazole rings is 1. The monoisotopic (exact) mass is 308 g/mol. The molecule has 0 fully saturated rings. The highest BCUT2D eigenvalue weighted by Gasteiger charge is 2.14. The van der Waals surface area contributed by atoms with Gasteiger partial charge in [-0.2, -0.15) is 0 Å². The van der Waals surface area contributed by atoms with E-state index in [0.29, 0.717) is 6.04 Å². The molecule has 0 spiro atoms. The summed E-state index contributed by atoms with van der Waals surface area (Å²) in [6.45, 7) is 5.13. The van der Waals surface area contributed by atoms with E-state index in [1.807, 2.05) is 12.1 Å². The Kier molecular flexibility index (Phi) is 4.66. The van der Waals surface area contributed by atoms with Crippen LogP contribution in [0.25, 0.3) is 21.7 Å². The summed E-state index contributed by atoms with van der Waals surface area (Å²) in [6.07, 6.45) is 0. The van der Waals surface area contributed by atoms with Crippen LogP contribution in [-0.4, -0.2) is 11.0 Å². The molecule has 3 heteroatoms. The molecular formula is C19H20N2S. The average molecular weight is 308 g/mol. The van der Waals surface area contributed by atoms with E-state index in [0.717, 1.165) is 17.2 Å². The van der Waals surface area contributed by atoms with Gasteiger partial charge in [0.15, 0.2) is 0 Å². The van der Waals surface area contributed by atoms with Gasteiger partial charge in [0.05, 0.1) is 10.6 Å². The van der Waals surface area contributed by atoms with Gasteiger partial charge in [-0.15, -0.1) is 11.3 Å². The SMILES string of the molecule is CC(C)NCc1nc(-c2ccccc2)c(-c2ccccc2)s1. The zero-order valence-corrected chi connectivity index (χ0v) is 13.7. The van der Waals surface area contributed by atoms with Crippen LogP contribution in [-0.2, 0) is 6.54 Å². The maximum Gasteiger partial charge on any atom is 0.108 e. The molecule has 0 saturated heterocycles. The van der Waals surface area contributed by atoms with Crippen molar-refractivity contribution in [3.63, 3.8) is 0 Å². The predicted molar refractivity (Wildman–Crippen MR) is 95.0 cm³/mol. The lowest BCUT2D eigenvalue weighted by molar-refractivity contribution is 0.587. The van der Waals surface area contributed by atoms with Crippen molar-refractivity contribution in [1.29, 1.82) is 0 Å². The van der Waals surface area contributed by atoms with Gasteiger partial charge in [0.1, 0.15) is 5.01 Å². The quantitative estimate of drug-likeness (QED) is 0.719. The number of rotatable bonds is 5. The summed E-state index contributed by atoms with van der Waals surface area (Å²) in [5.74, 6) is 0. The van der Waals surface area contributed by atoms with E-state index in [1.54, 1.807) is 11.3 Å². The predicted octanol–water partition coefficient (Wildman–Crippen LogP) is 4.98. The van der Waals surface area contributed by atoms with E-state index in [1.165, 1.54) is 16.0 Å². The molecule has 112 valence electrons. The molecule has 0 amide bonds. The Balaban J connectivity index is 2.03. The molecule has 1 heterocycles. The van der Waals surface area contributed by atoms with Crippen LogP contribution in [0.1, 0.15) is 18.9 Å². The van der Waals surface area contributed by atoms with Crippen LogP contribution in [0.15, 0.2) is 60.7 Å². The molecule has 0 radical (unpaired) electrons. The lowest BCUT2D eigenvalue weighted by Crippen LogP contribution is -2.21. The second kappa shape index (κ2) is 6.86. The van der Waals surface area contributed by atoms with Crippen LogP contribution in [0.5, 0.6) is 0 Å². The summed E-state index contributed by atoms with van der Waals surface area (Å²) in [4.78, 5) is 6.13. The Morgan fingerprint density at radius 3 is 2.09 bits per heavy atom. The fourth-order valence-corrected chi connectivity index (χ4v) is 3.35. The summed E-state index contributed by atoms with van der Waals surface area (Å²) in [5.41, 5.74) is 3.49. The summed E-state index contributed by atoms with van der Waals surface area (Å²) in [6, 6.07) is 21.4. The van der Waals surface area contributed by atoms with Crippen LogP contribution in [0.3, 0.4) is 0 Å². The number of hydrogen-bond acceptors (Lipinski definition) is 3. The van der Waals surface area contributed by atoms with Crippen LogP contribution in [0.2, 0.25) is 0 Å². The minimum absolute atomic E-state index is 0.462. The topological polar surface area (TPSA) is 24.9 Å². The molecule has 0 saturated carbocycles. The van der Waals surface area contributed by atoms with Gasteiger partial charge in [0.2, 0.25) is 0 Å². The first-order valence-corrected chi connectivity index (χ1v) is 8.39. The van der Waals surface area contributed by atoms with Crippen molar-refractivity contribution in [3.8, 4) is 21.7 Å². The largest absolute Gasteiger partial charge is 0.308 e. The maximum absolute atomic E-state index is 4.88. The van der Waals surface area contributed by atoms with Crippen LogP contribution < -0.4 is 5.32 Å². The van der Waals surface area contributed by atoms with Gasteiger partial charge in [0.25, 0.3) is 0 Å². The number of nitrogens with one attached hydrogen (secondary N) is 1. The second-order valence-corrected chi connectivity index (χ2v) is 6.64. The molecule has 1 aromatic heterocycles. The first kappa shape index (κ1) is 14.9. The third kappa shape index (κ3) is 3.43. The number of benzene rings is 2. The van der Waals surface area contributed by atoms with Gasteiger partial charge in [-0.25, -0.2) is 4.98 Å². The minimum Gasteiger partial charge on any atom is -0.308 e. The molecular weight excluding hydrogens is 288 g/mol. The molecule has 2 aromatic carbocycles. The molecule has 3 aromatic rings. The molecule has 2 nitrogen and oxygen atoms in total. The highest BCUT2D eigenvalue weighted by molar-refractivity contribution is 7.15. The Morgan fingerprint density at radius 1 is 0.909 bits per heavy atom. The Morgan fingerprint density at radius 2 is 1.50 bits per heavy atom. The van der Waals surface area contributed by atoms with Gasteiger partial charge in [-0.05, 0) is 5.56 Å². The second-order valence-electron chi connectivity index (χ2n) is 5.55. The van der Waals surface area contributed by atoms with E-state index in [4.69, 9.17) is 4.98 Å². The standard InChI is InChI=1S/C19H20N2S/c1-14(2)20-13-17-21-18(15-9-5-3-6-10-15)19(22-17)16-11-7-4-8-12-16/h3-12,14,20H,13H2,1-2H3. The maximum atomic E-state index is 4.88. The van der Waals surface area contributed by atoms with Crippen molar-refractivity contribution in [2.24, 2.45) is 0 Å². The Hall–Kier alpha value is -1.97. The molecule has 3 rings (SSSR count). The zero-order chi connectivity index (χ0) is 15.4. The third-order valence-corrected chi connectivity index (χ3v) is 4.52. The molecule has 22 heavy (non-hydrogen) atoms. The summed E-state index contributed by atoms with van der Waals surface area (Å²) in [7, 11) is 0. The molecule has 0 aliphatic heterocycles. The number of hydrogen-bond donors (Lipinski definition) is 1. The smallest absolute Gasteiger partial charge is 0.108 e. The van der Waals surface area contributed by atoms with Gasteiger partial charge in [-0.1, -0.05) is 74.5 Å². The Bertz CT molecular complexity index is 661. The number of nitrogens with zero attached hydrogens (tertiary/aromatic N) is 1. The summed E-state index contributed by atoms with van der Waals surface area (Å²) < 4.78 is 0. The van der Waals surface area contributed by atoms with Gasteiger partial charge < -0.3 is 5.32 Å². The minimum atomic E-state index is 0.462. The lowest BCUT2D eigenvalue weighted by atomic mass is 10.1. The molecule has 0 aliphatic rings. The first-order chi connectivity index (χ1) is 10.7. The van der Waals surface area contributed by atoms with Crippen LogP contribution in [0.4, 0.5) is 0 Å². The van der Waals surface area contributed by atoms with E-state index in [9.17, 15) is 0 Å². The van der Waals surface area contributed by atoms with Gasteiger partial charge in [0, 0.05) is 18.2 Å². The van der Waals surface area contributed by atoms with Crippen LogP contribution in [0, 0.1) is 0 Å². The van der Waals surface area contributed by atoms with Gasteiger partial charge >= 0.3 is 0 Å². The molecule has 1 N–H and O–H groups in total. The highest BCUT2D eigenvalue weighted by Crippen LogP contribution is 2.36. The molecule has 0 aliphatic carbocycles. The molecule has 0 unspecified atom stereocenters. The average Bonchev–Trinajstić information content (AvgIpc) is 2.99. The first-order valence-electron chi connectivity index (χ1n) is 7.58. The molecule has 0 bridgehead atoms. The van der Waals surface area contributed by atoms with Crippen molar-refractivity contribution in [3.05, 3.63) is 65.7 Å². The van der Waals surface area contributed by atoms with E-state index >= 15 is 0 Å². The highest BCUT2D eigenvalue weighted by atomic mass is 32.1. The fourth-order valence-electron chi connectivity index (χ4n) is 2.31. The van der Waals surface area contributed by atoms with Gasteiger partial charge in [-0.3, -0.25) is 0 Å². The molecule has 0 atom stereocenters. The van der Waals surface area contributed by atoms with E-state index < -0.39 is 0 Å². The van der Waals surface area contributed by atoms with Crippen LogP contribution >= 0.6 is 11.3 Å². The number of aromatic nitrogens is 1. The van der Waals surface area contributed by atoms with E-state index in [-0.39, 0.29) is 0 Å². The third-order valence-electron chi connectivity index (χ3n) is 3.42.